The Bertz CT molecular complexity index is 731. The Balaban J connectivity index is 1.58. The summed E-state index contributed by atoms with van der Waals surface area (Å²) in [6, 6.07) is 11.7. The lowest BCUT2D eigenvalue weighted by atomic mass is 9.97. The number of pyridine rings is 1. The van der Waals surface area contributed by atoms with Gasteiger partial charge in [-0.2, -0.15) is 0 Å². The number of hydrogen-bond donors (Lipinski definition) is 0. The Morgan fingerprint density at radius 2 is 2.12 bits per heavy atom. The van der Waals surface area contributed by atoms with Crippen LogP contribution in [-0.4, -0.2) is 29.6 Å². The lowest BCUT2D eigenvalue weighted by Gasteiger charge is -2.35. The van der Waals surface area contributed by atoms with Crippen molar-refractivity contribution in [3.05, 3.63) is 53.3 Å². The van der Waals surface area contributed by atoms with E-state index in [0.29, 0.717) is 18.7 Å². The molecule has 3 heterocycles. The lowest BCUT2D eigenvalue weighted by molar-refractivity contribution is 0.166. The Morgan fingerprint density at radius 3 is 2.96 bits per heavy atom. The molecule has 4 nitrogen and oxygen atoms in total. The van der Waals surface area contributed by atoms with Gasteiger partial charge in [0.2, 0.25) is 0 Å². The predicted molar refractivity (Wildman–Crippen MR) is 93.4 cm³/mol. The highest BCUT2D eigenvalue weighted by atomic mass is 16.5. The maximum atomic E-state index is 5.63. The predicted octanol–water partition coefficient (Wildman–Crippen LogP) is 3.75. The molecule has 2 bridgehead atoms. The van der Waals surface area contributed by atoms with Crippen LogP contribution in [0.4, 0.5) is 0 Å². The largest absolute Gasteiger partial charge is 0.493 e. The third-order valence-electron chi connectivity index (χ3n) is 5.25. The average Bonchev–Trinajstić information content (AvgIpc) is 2.88. The Kier molecular flexibility index (Phi) is 4.15. The minimum Gasteiger partial charge on any atom is -0.493 e. The van der Waals surface area contributed by atoms with Crippen LogP contribution in [0.3, 0.4) is 0 Å². The van der Waals surface area contributed by atoms with Gasteiger partial charge in [-0.25, -0.2) is 0 Å². The van der Waals surface area contributed by atoms with Crippen molar-refractivity contribution >= 4 is 0 Å². The monoisotopic (exact) mass is 324 g/mol. The molecule has 4 rings (SSSR count). The first-order chi connectivity index (χ1) is 11.8. The molecule has 0 radical (unpaired) electrons. The Morgan fingerprint density at radius 1 is 1.21 bits per heavy atom. The number of benzene rings is 1. The molecule has 1 fully saturated rings. The van der Waals surface area contributed by atoms with Crippen molar-refractivity contribution in [1.82, 2.24) is 9.88 Å². The molecule has 2 aliphatic rings. The molecule has 1 aromatic carbocycles. The summed E-state index contributed by atoms with van der Waals surface area (Å²) in [6.45, 7) is 3.59. The first-order valence-corrected chi connectivity index (χ1v) is 8.79. The van der Waals surface area contributed by atoms with E-state index in [2.05, 4.69) is 34.1 Å². The molecule has 24 heavy (non-hydrogen) atoms. The maximum Gasteiger partial charge on any atom is 0.161 e. The van der Waals surface area contributed by atoms with Crippen LogP contribution in [-0.2, 0) is 13.0 Å². The van der Waals surface area contributed by atoms with Crippen molar-refractivity contribution in [1.29, 1.82) is 0 Å². The molecule has 0 aliphatic carbocycles. The molecule has 1 saturated heterocycles. The first kappa shape index (κ1) is 15.5. The van der Waals surface area contributed by atoms with Gasteiger partial charge >= 0.3 is 0 Å². The van der Waals surface area contributed by atoms with Crippen molar-refractivity contribution in [2.75, 3.05) is 13.7 Å². The van der Waals surface area contributed by atoms with Gasteiger partial charge < -0.3 is 9.47 Å². The van der Waals surface area contributed by atoms with Gasteiger partial charge in [0.25, 0.3) is 0 Å². The van der Waals surface area contributed by atoms with E-state index >= 15 is 0 Å². The van der Waals surface area contributed by atoms with Gasteiger partial charge in [-0.05, 0) is 49.1 Å². The third kappa shape index (κ3) is 2.65. The van der Waals surface area contributed by atoms with Crippen LogP contribution < -0.4 is 9.47 Å². The highest BCUT2D eigenvalue weighted by molar-refractivity contribution is 5.43. The Hall–Kier alpha value is -2.07. The van der Waals surface area contributed by atoms with E-state index in [1.807, 2.05) is 19.2 Å². The van der Waals surface area contributed by atoms with E-state index in [4.69, 9.17) is 9.47 Å². The lowest BCUT2D eigenvalue weighted by Crippen LogP contribution is -2.37. The van der Waals surface area contributed by atoms with E-state index < -0.39 is 0 Å². The molecule has 2 unspecified atom stereocenters. The van der Waals surface area contributed by atoms with Crippen LogP contribution in [0.25, 0.3) is 0 Å². The summed E-state index contributed by atoms with van der Waals surface area (Å²) in [5, 5.41) is 0. The molecule has 1 aromatic heterocycles. The van der Waals surface area contributed by atoms with Crippen molar-refractivity contribution in [2.45, 2.75) is 44.8 Å². The number of methoxy groups -OCH3 is 1. The van der Waals surface area contributed by atoms with E-state index in [-0.39, 0.29) is 0 Å². The smallest absolute Gasteiger partial charge is 0.161 e. The molecule has 2 aliphatic heterocycles. The summed E-state index contributed by atoms with van der Waals surface area (Å²) >= 11 is 0. The molecule has 4 heteroatoms. The van der Waals surface area contributed by atoms with E-state index in [0.717, 1.165) is 24.5 Å². The van der Waals surface area contributed by atoms with Crippen LogP contribution in [0.5, 0.6) is 11.5 Å². The molecular weight excluding hydrogens is 300 g/mol. The van der Waals surface area contributed by atoms with Gasteiger partial charge in [0.1, 0.15) is 0 Å². The number of ether oxygens (including phenoxy) is 2. The van der Waals surface area contributed by atoms with Crippen LogP contribution >= 0.6 is 0 Å². The van der Waals surface area contributed by atoms with Gasteiger partial charge in [0.05, 0.1) is 13.7 Å². The summed E-state index contributed by atoms with van der Waals surface area (Å²) < 4.78 is 11.1. The minimum absolute atomic E-state index is 0.505. The van der Waals surface area contributed by atoms with E-state index in [1.165, 1.54) is 29.7 Å². The SMILES string of the molecule is CCOc1ccc(CN2C3CCC2c2cccnc2C3)cc1OC. The topological polar surface area (TPSA) is 34.6 Å². The Labute approximate surface area is 143 Å². The summed E-state index contributed by atoms with van der Waals surface area (Å²) in [7, 11) is 1.70. The quantitative estimate of drug-likeness (QED) is 0.839. The van der Waals surface area contributed by atoms with Gasteiger partial charge in [-0.3, -0.25) is 9.88 Å². The molecule has 2 atom stereocenters. The molecular formula is C20H24N2O2. The zero-order valence-corrected chi connectivity index (χ0v) is 14.4. The van der Waals surface area contributed by atoms with Gasteiger partial charge in [0.15, 0.2) is 11.5 Å². The second-order valence-corrected chi connectivity index (χ2v) is 6.58. The van der Waals surface area contributed by atoms with Crippen molar-refractivity contribution in [3.8, 4) is 11.5 Å². The number of fused-ring (bicyclic) bond motifs is 4. The first-order valence-electron chi connectivity index (χ1n) is 8.79. The third-order valence-corrected chi connectivity index (χ3v) is 5.25. The molecule has 0 saturated carbocycles. The summed E-state index contributed by atoms with van der Waals surface area (Å²) in [5.74, 6) is 1.64. The fraction of sp³-hybridized carbons (Fsp3) is 0.450. The van der Waals surface area contributed by atoms with E-state index in [1.54, 1.807) is 7.11 Å². The fourth-order valence-electron chi connectivity index (χ4n) is 4.17. The number of aromatic nitrogens is 1. The molecule has 0 amide bonds. The van der Waals surface area contributed by atoms with E-state index in [9.17, 15) is 0 Å². The maximum absolute atomic E-state index is 5.63. The normalized spacial score (nSPS) is 22.2. The molecule has 2 aromatic rings. The van der Waals surface area contributed by atoms with Gasteiger partial charge in [0, 0.05) is 36.9 Å². The number of hydrogen-bond acceptors (Lipinski definition) is 4. The summed E-state index contributed by atoms with van der Waals surface area (Å²) in [6.07, 6.45) is 5.48. The second-order valence-electron chi connectivity index (χ2n) is 6.58. The minimum atomic E-state index is 0.505. The standard InChI is InChI=1S/C20H24N2O2/c1-3-24-19-9-6-14(11-20(19)23-2)13-22-15-7-8-18(22)16-5-4-10-21-17(16)12-15/h4-6,9-11,15,18H,3,7-8,12-13H2,1-2H3. The molecule has 126 valence electrons. The average molecular weight is 324 g/mol. The van der Waals surface area contributed by atoms with Crippen molar-refractivity contribution in [2.24, 2.45) is 0 Å². The second kappa shape index (κ2) is 6.44. The van der Waals surface area contributed by atoms with Gasteiger partial charge in [-0.15, -0.1) is 0 Å². The highest BCUT2D eigenvalue weighted by Gasteiger charge is 2.40. The zero-order chi connectivity index (χ0) is 16.5. The van der Waals surface area contributed by atoms with Crippen LogP contribution in [0.2, 0.25) is 0 Å². The molecule has 0 spiro atoms. The number of rotatable bonds is 5. The number of nitrogens with zero attached hydrogens (tertiary/aromatic N) is 2. The van der Waals surface area contributed by atoms with Crippen molar-refractivity contribution in [3.63, 3.8) is 0 Å². The van der Waals surface area contributed by atoms with Crippen LogP contribution in [0, 0.1) is 0 Å². The van der Waals surface area contributed by atoms with Crippen molar-refractivity contribution < 1.29 is 9.47 Å². The summed E-state index contributed by atoms with van der Waals surface area (Å²) in [5.41, 5.74) is 3.99. The van der Waals surface area contributed by atoms with Crippen LogP contribution in [0.15, 0.2) is 36.5 Å². The summed E-state index contributed by atoms with van der Waals surface area (Å²) in [4.78, 5) is 7.24. The fourth-order valence-corrected chi connectivity index (χ4v) is 4.17. The molecule has 0 N–H and O–H groups in total. The van der Waals surface area contributed by atoms with Crippen LogP contribution in [0.1, 0.15) is 42.6 Å². The van der Waals surface area contributed by atoms with Gasteiger partial charge in [-0.1, -0.05) is 12.1 Å². The zero-order valence-electron chi connectivity index (χ0n) is 14.4. The highest BCUT2D eigenvalue weighted by Crippen LogP contribution is 2.44.